The predicted molar refractivity (Wildman–Crippen MR) is 90.0 cm³/mol. The molecular formula is C18H20N2O3. The number of hydrazone groups is 1. The molecule has 0 fully saturated rings. The maximum atomic E-state index is 11.8. The molecule has 5 heteroatoms. The third-order valence-corrected chi connectivity index (χ3v) is 3.32. The molecule has 23 heavy (non-hydrogen) atoms. The maximum Gasteiger partial charge on any atom is 0.240 e. The van der Waals surface area contributed by atoms with E-state index in [2.05, 4.69) is 10.5 Å². The summed E-state index contributed by atoms with van der Waals surface area (Å²) in [6.07, 6.45) is 2.63. The third kappa shape index (κ3) is 5.14. The summed E-state index contributed by atoms with van der Waals surface area (Å²) in [6, 6.07) is 15.3. The van der Waals surface area contributed by atoms with Gasteiger partial charge >= 0.3 is 0 Å². The van der Waals surface area contributed by atoms with Gasteiger partial charge in [-0.1, -0.05) is 30.3 Å². The summed E-state index contributed by atoms with van der Waals surface area (Å²) in [5.41, 5.74) is 4.41. The number of carbonyl (C=O) groups is 1. The van der Waals surface area contributed by atoms with E-state index in [0.717, 1.165) is 11.1 Å². The molecule has 2 aromatic rings. The number of carbonyl (C=O) groups excluding carboxylic acids is 1. The number of amides is 1. The number of nitrogens with one attached hydrogen (secondary N) is 1. The Balaban J connectivity index is 1.87. The number of ether oxygens (including phenoxy) is 2. The van der Waals surface area contributed by atoms with Gasteiger partial charge in [-0.25, -0.2) is 5.43 Å². The van der Waals surface area contributed by atoms with Crippen LogP contribution in [0, 0.1) is 0 Å². The number of hydrogen-bond donors (Lipinski definition) is 1. The summed E-state index contributed by atoms with van der Waals surface area (Å²) >= 11 is 0. The molecule has 0 saturated carbocycles. The first-order valence-electron chi connectivity index (χ1n) is 7.31. The van der Waals surface area contributed by atoms with Crippen molar-refractivity contribution in [3.05, 3.63) is 59.7 Å². The fourth-order valence-corrected chi connectivity index (χ4v) is 2.06. The van der Waals surface area contributed by atoms with Gasteiger partial charge in [-0.3, -0.25) is 4.79 Å². The standard InChI is InChI=1S/C18H20N2O3/c1-22-16-10-9-15(17(12-16)23-2)13-19-20-18(21)11-8-14-6-4-3-5-7-14/h3-7,9-10,12-13H,8,11H2,1-2H3,(H,20,21)/b19-13+. The van der Waals surface area contributed by atoms with Crippen molar-refractivity contribution < 1.29 is 14.3 Å². The summed E-state index contributed by atoms with van der Waals surface area (Å²) in [6.45, 7) is 0. The van der Waals surface area contributed by atoms with Gasteiger partial charge in [0.25, 0.3) is 0 Å². The number of nitrogens with zero attached hydrogens (tertiary/aromatic N) is 1. The normalized spacial score (nSPS) is 10.5. The molecule has 1 amide bonds. The van der Waals surface area contributed by atoms with Crippen LogP contribution in [0.25, 0.3) is 0 Å². The molecule has 2 aromatic carbocycles. The van der Waals surface area contributed by atoms with E-state index in [1.807, 2.05) is 36.4 Å². The first kappa shape index (κ1) is 16.5. The van der Waals surface area contributed by atoms with Gasteiger partial charge in [0.2, 0.25) is 5.91 Å². The van der Waals surface area contributed by atoms with Crippen LogP contribution in [-0.2, 0) is 11.2 Å². The van der Waals surface area contributed by atoms with Crippen LogP contribution in [0.4, 0.5) is 0 Å². The zero-order chi connectivity index (χ0) is 16.5. The Labute approximate surface area is 135 Å². The fraction of sp³-hybridized carbons (Fsp3) is 0.222. The first-order chi connectivity index (χ1) is 11.2. The molecule has 0 saturated heterocycles. The van der Waals surface area contributed by atoms with Crippen LogP contribution < -0.4 is 14.9 Å². The Bertz CT molecular complexity index is 669. The van der Waals surface area contributed by atoms with Crippen LogP contribution in [0.2, 0.25) is 0 Å². The molecule has 2 rings (SSSR count). The Morgan fingerprint density at radius 3 is 2.61 bits per heavy atom. The van der Waals surface area contributed by atoms with E-state index >= 15 is 0 Å². The minimum Gasteiger partial charge on any atom is -0.497 e. The lowest BCUT2D eigenvalue weighted by Gasteiger charge is -2.07. The monoisotopic (exact) mass is 312 g/mol. The third-order valence-electron chi connectivity index (χ3n) is 3.32. The molecule has 0 aliphatic heterocycles. The Kier molecular flexibility index (Phi) is 6.17. The van der Waals surface area contributed by atoms with Crippen molar-refractivity contribution in [2.24, 2.45) is 5.10 Å². The number of benzene rings is 2. The quantitative estimate of drug-likeness (QED) is 0.632. The SMILES string of the molecule is COc1ccc(/C=N/NC(=O)CCc2ccccc2)c(OC)c1. The second-order valence-corrected chi connectivity index (χ2v) is 4.89. The van der Waals surface area contributed by atoms with Crippen molar-refractivity contribution in [1.29, 1.82) is 0 Å². The summed E-state index contributed by atoms with van der Waals surface area (Å²) in [4.78, 5) is 11.8. The van der Waals surface area contributed by atoms with E-state index in [4.69, 9.17) is 9.47 Å². The van der Waals surface area contributed by atoms with Crippen molar-refractivity contribution in [2.45, 2.75) is 12.8 Å². The number of rotatable bonds is 7. The minimum atomic E-state index is -0.127. The van der Waals surface area contributed by atoms with Gasteiger partial charge in [-0.05, 0) is 24.1 Å². The highest BCUT2D eigenvalue weighted by Gasteiger charge is 2.04. The van der Waals surface area contributed by atoms with Crippen LogP contribution in [0.1, 0.15) is 17.5 Å². The van der Waals surface area contributed by atoms with Crippen LogP contribution >= 0.6 is 0 Å². The van der Waals surface area contributed by atoms with Crippen molar-refractivity contribution in [1.82, 2.24) is 5.43 Å². The molecule has 0 aliphatic rings. The predicted octanol–water partition coefficient (Wildman–Crippen LogP) is 2.79. The molecule has 120 valence electrons. The molecule has 0 unspecified atom stereocenters. The Morgan fingerprint density at radius 1 is 1.13 bits per heavy atom. The van der Waals surface area contributed by atoms with Crippen molar-refractivity contribution in [3.8, 4) is 11.5 Å². The van der Waals surface area contributed by atoms with Crippen molar-refractivity contribution in [3.63, 3.8) is 0 Å². The number of aryl methyl sites for hydroxylation is 1. The molecule has 1 N–H and O–H groups in total. The first-order valence-corrected chi connectivity index (χ1v) is 7.31. The summed E-state index contributed by atoms with van der Waals surface area (Å²) in [5, 5.41) is 3.97. The summed E-state index contributed by atoms with van der Waals surface area (Å²) < 4.78 is 10.4. The summed E-state index contributed by atoms with van der Waals surface area (Å²) in [5.74, 6) is 1.20. The second-order valence-electron chi connectivity index (χ2n) is 4.89. The molecule has 0 aliphatic carbocycles. The zero-order valence-corrected chi connectivity index (χ0v) is 13.3. The van der Waals surface area contributed by atoms with Crippen LogP contribution in [0.5, 0.6) is 11.5 Å². The van der Waals surface area contributed by atoms with Crippen molar-refractivity contribution >= 4 is 12.1 Å². The molecule has 0 atom stereocenters. The van der Waals surface area contributed by atoms with Gasteiger partial charge in [0.1, 0.15) is 11.5 Å². The van der Waals surface area contributed by atoms with Gasteiger partial charge < -0.3 is 9.47 Å². The van der Waals surface area contributed by atoms with E-state index < -0.39 is 0 Å². The van der Waals surface area contributed by atoms with Gasteiger partial charge in [0.05, 0.1) is 20.4 Å². The van der Waals surface area contributed by atoms with E-state index in [1.54, 1.807) is 32.6 Å². The lowest BCUT2D eigenvalue weighted by Crippen LogP contribution is -2.17. The highest BCUT2D eigenvalue weighted by Crippen LogP contribution is 2.22. The lowest BCUT2D eigenvalue weighted by atomic mass is 10.1. The summed E-state index contributed by atoms with van der Waals surface area (Å²) in [7, 11) is 3.17. The Hall–Kier alpha value is -2.82. The lowest BCUT2D eigenvalue weighted by molar-refractivity contribution is -0.121. The van der Waals surface area contributed by atoms with E-state index in [0.29, 0.717) is 24.3 Å². The van der Waals surface area contributed by atoms with E-state index in [9.17, 15) is 4.79 Å². The Morgan fingerprint density at radius 2 is 1.91 bits per heavy atom. The number of methoxy groups -OCH3 is 2. The van der Waals surface area contributed by atoms with E-state index in [-0.39, 0.29) is 5.91 Å². The average molecular weight is 312 g/mol. The molecule has 0 spiro atoms. The molecule has 0 aromatic heterocycles. The largest absolute Gasteiger partial charge is 0.497 e. The van der Waals surface area contributed by atoms with Crippen LogP contribution in [0.15, 0.2) is 53.6 Å². The van der Waals surface area contributed by atoms with Gasteiger partial charge in [-0.15, -0.1) is 0 Å². The second kappa shape index (κ2) is 8.58. The van der Waals surface area contributed by atoms with Crippen LogP contribution in [-0.4, -0.2) is 26.3 Å². The fourth-order valence-electron chi connectivity index (χ4n) is 2.06. The molecular weight excluding hydrogens is 292 g/mol. The minimum absolute atomic E-state index is 0.127. The van der Waals surface area contributed by atoms with E-state index in [1.165, 1.54) is 0 Å². The molecule has 0 heterocycles. The highest BCUT2D eigenvalue weighted by molar-refractivity contribution is 5.85. The average Bonchev–Trinajstić information content (AvgIpc) is 2.61. The maximum absolute atomic E-state index is 11.8. The zero-order valence-electron chi connectivity index (χ0n) is 13.3. The highest BCUT2D eigenvalue weighted by atomic mass is 16.5. The molecule has 5 nitrogen and oxygen atoms in total. The van der Waals surface area contributed by atoms with Gasteiger partial charge in [-0.2, -0.15) is 5.10 Å². The topological polar surface area (TPSA) is 59.9 Å². The van der Waals surface area contributed by atoms with Crippen LogP contribution in [0.3, 0.4) is 0 Å². The van der Waals surface area contributed by atoms with Crippen molar-refractivity contribution in [2.75, 3.05) is 14.2 Å². The van der Waals surface area contributed by atoms with Gasteiger partial charge in [0, 0.05) is 18.1 Å². The smallest absolute Gasteiger partial charge is 0.240 e. The van der Waals surface area contributed by atoms with Gasteiger partial charge in [0.15, 0.2) is 0 Å². The molecule has 0 bridgehead atoms. The number of hydrogen-bond acceptors (Lipinski definition) is 4. The molecule has 0 radical (unpaired) electrons.